The van der Waals surface area contributed by atoms with Gasteiger partial charge in [-0.2, -0.15) is 0 Å². The summed E-state index contributed by atoms with van der Waals surface area (Å²) in [5.74, 6) is 0.663. The average molecular weight is 168 g/mol. The van der Waals surface area contributed by atoms with E-state index in [-0.39, 0.29) is 12.4 Å². The van der Waals surface area contributed by atoms with Crippen molar-refractivity contribution >= 4 is 5.78 Å². The third-order valence-electron chi connectivity index (χ3n) is 0.928. The van der Waals surface area contributed by atoms with E-state index in [2.05, 4.69) is 19.7 Å². The molecule has 2 heteroatoms. The Morgan fingerprint density at radius 1 is 1.50 bits per heavy atom. The Bertz CT molecular complexity index is 169. The van der Waals surface area contributed by atoms with Crippen LogP contribution >= 0.6 is 0 Å². The summed E-state index contributed by atoms with van der Waals surface area (Å²) in [5.41, 5.74) is 0. The Kier molecular flexibility index (Phi) is 10.7. The molecule has 0 amide bonds. The topological polar surface area (TPSA) is 26.3 Å². The van der Waals surface area contributed by atoms with Gasteiger partial charge < -0.3 is 4.74 Å². The highest BCUT2D eigenvalue weighted by Crippen LogP contribution is 1.96. The maximum Gasteiger partial charge on any atom is 0.167 e. The normalized spacial score (nSPS) is 9.33. The van der Waals surface area contributed by atoms with Gasteiger partial charge in [-0.1, -0.05) is 6.58 Å². The number of Topliss-reactive ketones (excluding diaryl/α,β-unsaturated/α-hetero) is 1. The lowest BCUT2D eigenvalue weighted by Gasteiger charge is -2.01. The van der Waals surface area contributed by atoms with Gasteiger partial charge in [0.05, 0.1) is 0 Å². The van der Waals surface area contributed by atoms with Crippen LogP contribution in [0, 0.1) is 0 Å². The first-order valence-electron chi connectivity index (χ1n) is 3.61. The number of hydrogen-bond donors (Lipinski definition) is 0. The van der Waals surface area contributed by atoms with Crippen molar-refractivity contribution in [3.63, 3.8) is 0 Å². The number of ketones is 1. The molecule has 0 bridgehead atoms. The molecule has 0 fully saturated rings. The Hall–Kier alpha value is -1.31. The molecule has 12 heavy (non-hydrogen) atoms. The lowest BCUT2D eigenvalue weighted by atomic mass is 10.4. The van der Waals surface area contributed by atoms with Crippen molar-refractivity contribution in [2.24, 2.45) is 0 Å². The number of rotatable bonds is 4. The lowest BCUT2D eigenvalue weighted by Crippen LogP contribution is -2.02. The highest BCUT2D eigenvalue weighted by atomic mass is 16.5. The van der Waals surface area contributed by atoms with E-state index in [4.69, 9.17) is 4.74 Å². The molecule has 0 aliphatic rings. The molecule has 0 aromatic rings. The predicted molar refractivity (Wildman–Crippen MR) is 51.8 cm³/mol. The molecule has 0 unspecified atom stereocenters. The molecule has 0 heterocycles. The van der Waals surface area contributed by atoms with E-state index >= 15 is 0 Å². The first-order valence-corrected chi connectivity index (χ1v) is 3.61. The number of carbonyl (C=O) groups is 1. The zero-order chi connectivity index (χ0) is 9.98. The molecule has 0 aromatic heterocycles. The summed E-state index contributed by atoms with van der Waals surface area (Å²) in [6.45, 7) is 12.9. The van der Waals surface area contributed by atoms with E-state index in [1.54, 1.807) is 12.2 Å². The first kappa shape index (κ1) is 13.3. The summed E-state index contributed by atoms with van der Waals surface area (Å²) in [4.78, 5) is 10.4. The fourth-order valence-corrected chi connectivity index (χ4v) is 0.445. The van der Waals surface area contributed by atoms with Crippen molar-refractivity contribution in [3.8, 4) is 0 Å². The summed E-state index contributed by atoms with van der Waals surface area (Å²) in [7, 11) is 0. The summed E-state index contributed by atoms with van der Waals surface area (Å²) < 4.78 is 5.00. The van der Waals surface area contributed by atoms with Crippen molar-refractivity contribution in [2.45, 2.75) is 13.8 Å². The minimum atomic E-state index is 0.0150. The van der Waals surface area contributed by atoms with Gasteiger partial charge >= 0.3 is 0 Å². The molecule has 0 aliphatic heterocycles. The van der Waals surface area contributed by atoms with Gasteiger partial charge in [-0.25, -0.2) is 0 Å². The molecule has 0 saturated heterocycles. The minimum absolute atomic E-state index is 0.0150. The summed E-state index contributed by atoms with van der Waals surface area (Å²) in [6.07, 6.45) is 3.33. The molecule has 0 aromatic carbocycles. The molecule has 0 saturated carbocycles. The van der Waals surface area contributed by atoms with Gasteiger partial charge in [0.25, 0.3) is 0 Å². The van der Waals surface area contributed by atoms with E-state index in [9.17, 15) is 4.79 Å². The maximum atomic E-state index is 10.4. The van der Waals surface area contributed by atoms with E-state index in [0.29, 0.717) is 5.76 Å². The van der Waals surface area contributed by atoms with Gasteiger partial charge in [-0.3, -0.25) is 4.79 Å². The van der Waals surface area contributed by atoms with Crippen LogP contribution in [0.25, 0.3) is 0 Å². The first-order chi connectivity index (χ1) is 5.70. The van der Waals surface area contributed by atoms with Crippen LogP contribution in [-0.4, -0.2) is 12.4 Å². The van der Waals surface area contributed by atoms with Gasteiger partial charge in [0.1, 0.15) is 12.4 Å². The van der Waals surface area contributed by atoms with Gasteiger partial charge in [0.2, 0.25) is 0 Å². The second-order valence-electron chi connectivity index (χ2n) is 1.89. The second-order valence-corrected chi connectivity index (χ2v) is 1.89. The van der Waals surface area contributed by atoms with Crippen LogP contribution in [-0.2, 0) is 9.53 Å². The molecule has 2 nitrogen and oxygen atoms in total. The van der Waals surface area contributed by atoms with Gasteiger partial charge in [-0.15, -0.1) is 13.2 Å². The smallest absolute Gasteiger partial charge is 0.167 e. The quantitative estimate of drug-likeness (QED) is 0.366. The molecule has 0 rings (SSSR count). The van der Waals surface area contributed by atoms with Gasteiger partial charge in [0.15, 0.2) is 5.78 Å². The van der Waals surface area contributed by atoms with Crippen LogP contribution in [0.15, 0.2) is 37.6 Å². The Balaban J connectivity index is 0. The standard InChI is InChI=1S/C8H12O2.C2H4/c1-4-8(5-2)10-6-7(3)9;1-2/h4-5H,1,6H2,2-3H3;1-2H2/b8-5+;. The van der Waals surface area contributed by atoms with E-state index in [0.717, 1.165) is 0 Å². The van der Waals surface area contributed by atoms with Crippen LogP contribution in [0.4, 0.5) is 0 Å². The highest BCUT2D eigenvalue weighted by molar-refractivity contribution is 5.76. The summed E-state index contributed by atoms with van der Waals surface area (Å²) >= 11 is 0. The third kappa shape index (κ3) is 8.69. The van der Waals surface area contributed by atoms with Crippen molar-refractivity contribution in [2.75, 3.05) is 6.61 Å². The minimum Gasteiger partial charge on any atom is -0.486 e. The number of ether oxygens (including phenoxy) is 1. The van der Waals surface area contributed by atoms with Crippen molar-refractivity contribution in [1.29, 1.82) is 0 Å². The average Bonchev–Trinajstić information content (AvgIpc) is 2.09. The Morgan fingerprint density at radius 2 is 2.00 bits per heavy atom. The molecule has 0 aliphatic carbocycles. The monoisotopic (exact) mass is 168 g/mol. The summed E-state index contributed by atoms with van der Waals surface area (Å²) in [5, 5.41) is 0. The molecule has 0 radical (unpaired) electrons. The summed E-state index contributed by atoms with van der Waals surface area (Å²) in [6, 6.07) is 0. The van der Waals surface area contributed by atoms with Crippen LogP contribution < -0.4 is 0 Å². The van der Waals surface area contributed by atoms with E-state index < -0.39 is 0 Å². The fraction of sp³-hybridized carbons (Fsp3) is 0.300. The lowest BCUT2D eigenvalue weighted by molar-refractivity contribution is -0.120. The fourth-order valence-electron chi connectivity index (χ4n) is 0.445. The number of carbonyl (C=O) groups excluding carboxylic acids is 1. The van der Waals surface area contributed by atoms with Crippen LogP contribution in [0.2, 0.25) is 0 Å². The molecule has 0 spiro atoms. The molecule has 0 N–H and O–H groups in total. The predicted octanol–water partition coefficient (Wildman–Crippen LogP) is 2.48. The van der Waals surface area contributed by atoms with Crippen LogP contribution in [0.1, 0.15) is 13.8 Å². The van der Waals surface area contributed by atoms with Crippen molar-refractivity contribution in [1.82, 2.24) is 0 Å². The van der Waals surface area contributed by atoms with Gasteiger partial charge in [0, 0.05) is 0 Å². The third-order valence-corrected chi connectivity index (χ3v) is 0.928. The van der Waals surface area contributed by atoms with E-state index in [1.807, 2.05) is 6.92 Å². The van der Waals surface area contributed by atoms with Crippen LogP contribution in [0.3, 0.4) is 0 Å². The molecule has 68 valence electrons. The zero-order valence-corrected chi connectivity index (χ0v) is 7.80. The highest BCUT2D eigenvalue weighted by Gasteiger charge is 1.93. The van der Waals surface area contributed by atoms with Gasteiger partial charge in [-0.05, 0) is 26.0 Å². The molecular formula is C10H16O2. The number of hydrogen-bond acceptors (Lipinski definition) is 2. The number of allylic oxidation sites excluding steroid dienone is 2. The largest absolute Gasteiger partial charge is 0.486 e. The zero-order valence-electron chi connectivity index (χ0n) is 7.80. The van der Waals surface area contributed by atoms with E-state index in [1.165, 1.54) is 6.92 Å². The Morgan fingerprint density at radius 3 is 2.25 bits per heavy atom. The Labute approximate surface area is 74.2 Å². The second kappa shape index (κ2) is 9.69. The maximum absolute atomic E-state index is 10.4. The van der Waals surface area contributed by atoms with Crippen LogP contribution in [0.5, 0.6) is 0 Å². The SMILES string of the molecule is C=C.C=C/C(=C\C)OCC(C)=O. The van der Waals surface area contributed by atoms with Crippen molar-refractivity contribution in [3.05, 3.63) is 37.6 Å². The molecule has 0 atom stereocenters. The molecular weight excluding hydrogens is 152 g/mol. The van der Waals surface area contributed by atoms with Crippen molar-refractivity contribution < 1.29 is 9.53 Å².